The Bertz CT molecular complexity index is 457. The first-order chi connectivity index (χ1) is 8.09. The third kappa shape index (κ3) is 2.64. The molecule has 2 nitrogen and oxygen atoms in total. The lowest BCUT2D eigenvalue weighted by molar-refractivity contribution is 0.0917. The van der Waals surface area contributed by atoms with Crippen LogP contribution in [0.1, 0.15) is 24.2 Å². The van der Waals surface area contributed by atoms with Crippen LogP contribution < -0.4 is 0 Å². The maximum absolute atomic E-state index is 12.1. The summed E-state index contributed by atoms with van der Waals surface area (Å²) in [6, 6.07) is 9.43. The summed E-state index contributed by atoms with van der Waals surface area (Å²) >= 11 is 0. The number of ketones is 1. The van der Waals surface area contributed by atoms with Crippen molar-refractivity contribution in [2.75, 3.05) is 6.54 Å². The smallest absolute Gasteiger partial charge is 0.182 e. The number of rotatable bonds is 3. The fourth-order valence-corrected chi connectivity index (χ4v) is 1.86. The van der Waals surface area contributed by atoms with E-state index in [9.17, 15) is 4.79 Å². The highest BCUT2D eigenvalue weighted by molar-refractivity contribution is 5.97. The molecule has 1 heterocycles. The van der Waals surface area contributed by atoms with Crippen LogP contribution in [-0.4, -0.2) is 22.8 Å². The first-order valence-corrected chi connectivity index (χ1v) is 5.81. The zero-order chi connectivity index (χ0) is 12.3. The summed E-state index contributed by atoms with van der Waals surface area (Å²) in [6.45, 7) is 4.62. The van der Waals surface area contributed by atoms with Crippen molar-refractivity contribution in [2.45, 2.75) is 19.4 Å². The number of hydrogen-bond donors (Lipinski definition) is 0. The lowest BCUT2D eigenvalue weighted by atomic mass is 9.99. The van der Waals surface area contributed by atoms with E-state index in [-0.39, 0.29) is 11.3 Å². The van der Waals surface area contributed by atoms with Crippen LogP contribution in [0.3, 0.4) is 0 Å². The van der Waals surface area contributed by atoms with Gasteiger partial charge in [0.15, 0.2) is 5.78 Å². The molecular formula is C15H17NO. The van der Waals surface area contributed by atoms with E-state index in [4.69, 9.17) is 0 Å². The van der Waals surface area contributed by atoms with E-state index in [0.717, 1.165) is 5.56 Å². The van der Waals surface area contributed by atoms with Gasteiger partial charge < -0.3 is 4.90 Å². The number of carbonyl (C=O) groups excluding carboxylic acids is 1. The van der Waals surface area contributed by atoms with Crippen LogP contribution in [0.25, 0.3) is 0 Å². The Morgan fingerprint density at radius 3 is 2.53 bits per heavy atom. The summed E-state index contributed by atoms with van der Waals surface area (Å²) < 4.78 is 0. The van der Waals surface area contributed by atoms with Gasteiger partial charge in [-0.1, -0.05) is 42.5 Å². The first kappa shape index (κ1) is 11.6. The number of hydrogen-bond acceptors (Lipinski definition) is 2. The number of nitrogens with zero attached hydrogens (tertiary/aromatic N) is 1. The fraction of sp³-hybridized carbons (Fsp3) is 0.267. The lowest BCUT2D eigenvalue weighted by Crippen LogP contribution is -2.42. The van der Waals surface area contributed by atoms with Gasteiger partial charge in [-0.3, -0.25) is 4.79 Å². The average molecular weight is 227 g/mol. The zero-order valence-corrected chi connectivity index (χ0v) is 10.3. The molecule has 1 aliphatic heterocycles. The molecule has 2 rings (SSSR count). The molecule has 0 amide bonds. The van der Waals surface area contributed by atoms with Crippen LogP contribution in [0.2, 0.25) is 0 Å². The second-order valence-corrected chi connectivity index (χ2v) is 4.77. The Balaban J connectivity index is 2.10. The largest absolute Gasteiger partial charge is 0.361 e. The third-order valence-corrected chi connectivity index (χ3v) is 3.03. The molecule has 0 radical (unpaired) electrons. The van der Waals surface area contributed by atoms with Crippen molar-refractivity contribution in [3.63, 3.8) is 0 Å². The SMILES string of the molecule is CC1(C)C=CC=CN1CC(=O)c1ccccc1. The van der Waals surface area contributed by atoms with Crippen molar-refractivity contribution in [3.05, 3.63) is 60.3 Å². The standard InChI is InChI=1S/C15H17NO/c1-15(2)10-6-7-11-16(15)12-14(17)13-8-4-3-5-9-13/h3-11H,12H2,1-2H3. The Morgan fingerprint density at radius 2 is 1.88 bits per heavy atom. The molecule has 1 aromatic carbocycles. The number of Topliss-reactive ketones (excluding diaryl/α,β-unsaturated/α-hetero) is 1. The summed E-state index contributed by atoms with van der Waals surface area (Å²) in [6.07, 6.45) is 8.05. The van der Waals surface area contributed by atoms with Gasteiger partial charge in [-0.2, -0.15) is 0 Å². The molecule has 1 aliphatic rings. The van der Waals surface area contributed by atoms with Gasteiger partial charge in [-0.25, -0.2) is 0 Å². The molecule has 1 aromatic rings. The van der Waals surface area contributed by atoms with Gasteiger partial charge in [0.25, 0.3) is 0 Å². The van der Waals surface area contributed by atoms with E-state index >= 15 is 0 Å². The van der Waals surface area contributed by atoms with Crippen LogP contribution in [0.15, 0.2) is 54.8 Å². The highest BCUT2D eigenvalue weighted by Gasteiger charge is 2.24. The molecule has 0 saturated carbocycles. The molecule has 0 fully saturated rings. The average Bonchev–Trinajstić information content (AvgIpc) is 2.33. The zero-order valence-electron chi connectivity index (χ0n) is 10.3. The van der Waals surface area contributed by atoms with Crippen LogP contribution >= 0.6 is 0 Å². The van der Waals surface area contributed by atoms with Crippen molar-refractivity contribution >= 4 is 5.78 Å². The van der Waals surface area contributed by atoms with Gasteiger partial charge in [-0.15, -0.1) is 0 Å². The predicted octanol–water partition coefficient (Wildman–Crippen LogP) is 3.03. The fourth-order valence-electron chi connectivity index (χ4n) is 1.86. The Labute approximate surface area is 102 Å². The molecule has 0 bridgehead atoms. The van der Waals surface area contributed by atoms with E-state index in [1.165, 1.54) is 0 Å². The second-order valence-electron chi connectivity index (χ2n) is 4.77. The molecule has 0 unspecified atom stereocenters. The highest BCUT2D eigenvalue weighted by Crippen LogP contribution is 2.20. The quantitative estimate of drug-likeness (QED) is 0.740. The van der Waals surface area contributed by atoms with Crippen LogP contribution in [0.4, 0.5) is 0 Å². The normalized spacial score (nSPS) is 17.2. The van der Waals surface area contributed by atoms with Crippen molar-refractivity contribution in [2.24, 2.45) is 0 Å². The predicted molar refractivity (Wildman–Crippen MR) is 69.8 cm³/mol. The van der Waals surface area contributed by atoms with Crippen LogP contribution in [0.5, 0.6) is 0 Å². The van der Waals surface area contributed by atoms with Gasteiger partial charge in [0.05, 0.1) is 12.1 Å². The second kappa shape index (κ2) is 4.58. The van der Waals surface area contributed by atoms with Crippen LogP contribution in [-0.2, 0) is 0 Å². The summed E-state index contributed by atoms with van der Waals surface area (Å²) in [4.78, 5) is 14.2. The van der Waals surface area contributed by atoms with Gasteiger partial charge in [-0.05, 0) is 19.9 Å². The van der Waals surface area contributed by atoms with Gasteiger partial charge in [0.1, 0.15) is 0 Å². The first-order valence-electron chi connectivity index (χ1n) is 5.81. The number of benzene rings is 1. The monoisotopic (exact) mass is 227 g/mol. The van der Waals surface area contributed by atoms with E-state index < -0.39 is 0 Å². The van der Waals surface area contributed by atoms with E-state index in [1.807, 2.05) is 48.7 Å². The summed E-state index contributed by atoms with van der Waals surface area (Å²) in [5.41, 5.74) is 0.672. The van der Waals surface area contributed by atoms with E-state index in [1.54, 1.807) is 0 Å². The van der Waals surface area contributed by atoms with Crippen molar-refractivity contribution in [1.82, 2.24) is 4.90 Å². The van der Waals surface area contributed by atoms with Gasteiger partial charge >= 0.3 is 0 Å². The molecule has 0 saturated heterocycles. The third-order valence-electron chi connectivity index (χ3n) is 3.03. The van der Waals surface area contributed by atoms with Crippen LogP contribution in [0, 0.1) is 0 Å². The van der Waals surface area contributed by atoms with Crippen molar-refractivity contribution in [1.29, 1.82) is 0 Å². The molecule has 2 heteroatoms. The molecule has 17 heavy (non-hydrogen) atoms. The Morgan fingerprint density at radius 1 is 1.18 bits per heavy atom. The molecule has 0 aliphatic carbocycles. The van der Waals surface area contributed by atoms with E-state index in [2.05, 4.69) is 24.8 Å². The molecular weight excluding hydrogens is 210 g/mol. The Kier molecular flexibility index (Phi) is 3.14. The molecule has 0 aromatic heterocycles. The number of allylic oxidation sites excluding steroid dienone is 2. The topological polar surface area (TPSA) is 20.3 Å². The van der Waals surface area contributed by atoms with Gasteiger partial charge in [0, 0.05) is 11.8 Å². The number of carbonyl (C=O) groups is 1. The van der Waals surface area contributed by atoms with E-state index in [0.29, 0.717) is 6.54 Å². The summed E-state index contributed by atoms with van der Waals surface area (Å²) in [7, 11) is 0. The molecule has 88 valence electrons. The molecule has 0 N–H and O–H groups in total. The molecule has 0 atom stereocenters. The Hall–Kier alpha value is -1.83. The molecule has 0 spiro atoms. The van der Waals surface area contributed by atoms with Crippen molar-refractivity contribution in [3.8, 4) is 0 Å². The minimum absolute atomic E-state index is 0.0980. The minimum atomic E-state index is -0.0980. The lowest BCUT2D eigenvalue weighted by Gasteiger charge is -2.36. The highest BCUT2D eigenvalue weighted by atomic mass is 16.1. The minimum Gasteiger partial charge on any atom is -0.361 e. The summed E-state index contributed by atoms with van der Waals surface area (Å²) in [5.74, 6) is 0.152. The van der Waals surface area contributed by atoms with Crippen molar-refractivity contribution < 1.29 is 4.79 Å². The van der Waals surface area contributed by atoms with Gasteiger partial charge in [0.2, 0.25) is 0 Å². The maximum atomic E-state index is 12.1. The maximum Gasteiger partial charge on any atom is 0.182 e. The summed E-state index contributed by atoms with van der Waals surface area (Å²) in [5, 5.41) is 0.